The fourth-order valence-electron chi connectivity index (χ4n) is 7.31. The first-order chi connectivity index (χ1) is 25.0. The van der Waals surface area contributed by atoms with Crippen molar-refractivity contribution >= 4 is 0 Å². The molecular formula is C47H34N4. The predicted molar refractivity (Wildman–Crippen MR) is 208 cm³/mol. The first-order valence-corrected chi connectivity index (χ1v) is 17.3. The molecule has 6 aromatic carbocycles. The third-order valence-electron chi connectivity index (χ3n) is 10.0. The molecule has 0 radical (unpaired) electrons. The van der Waals surface area contributed by atoms with Crippen LogP contribution in [-0.2, 0) is 5.41 Å². The van der Waals surface area contributed by atoms with Crippen molar-refractivity contribution in [3.8, 4) is 78.8 Å². The van der Waals surface area contributed by atoms with Crippen molar-refractivity contribution in [2.24, 2.45) is 0 Å². The molecule has 0 spiro atoms. The van der Waals surface area contributed by atoms with Gasteiger partial charge in [-0.15, -0.1) is 0 Å². The summed E-state index contributed by atoms with van der Waals surface area (Å²) >= 11 is 0. The van der Waals surface area contributed by atoms with Crippen molar-refractivity contribution in [3.05, 3.63) is 181 Å². The van der Waals surface area contributed by atoms with Gasteiger partial charge in [0.05, 0.1) is 5.69 Å². The van der Waals surface area contributed by atoms with Crippen molar-refractivity contribution < 1.29 is 0 Å². The average Bonchev–Trinajstić information content (AvgIpc) is 3.45. The van der Waals surface area contributed by atoms with Crippen LogP contribution in [0, 0.1) is 0 Å². The maximum atomic E-state index is 4.94. The van der Waals surface area contributed by atoms with Crippen molar-refractivity contribution in [1.29, 1.82) is 0 Å². The Balaban J connectivity index is 1.03. The zero-order valence-corrected chi connectivity index (χ0v) is 28.5. The smallest absolute Gasteiger partial charge is 0.165 e. The van der Waals surface area contributed by atoms with Crippen molar-refractivity contribution in [2.75, 3.05) is 0 Å². The second kappa shape index (κ2) is 12.4. The van der Waals surface area contributed by atoms with E-state index in [0.717, 1.165) is 39.1 Å². The molecule has 1 aliphatic rings. The number of fused-ring (bicyclic) bond motifs is 3. The lowest BCUT2D eigenvalue weighted by Crippen LogP contribution is -2.14. The van der Waals surface area contributed by atoms with Gasteiger partial charge in [0, 0.05) is 33.9 Å². The Morgan fingerprint density at radius 1 is 0.353 bits per heavy atom. The highest BCUT2D eigenvalue weighted by Gasteiger charge is 2.36. The molecule has 8 aromatic rings. The number of benzene rings is 6. The van der Waals surface area contributed by atoms with E-state index in [-0.39, 0.29) is 5.41 Å². The van der Waals surface area contributed by atoms with Crippen LogP contribution >= 0.6 is 0 Å². The largest absolute Gasteiger partial charge is 0.255 e. The Bertz CT molecular complexity index is 2500. The molecule has 0 N–H and O–H groups in total. The highest BCUT2D eigenvalue weighted by molar-refractivity contribution is 5.92. The van der Waals surface area contributed by atoms with Gasteiger partial charge in [0.1, 0.15) is 0 Å². The summed E-state index contributed by atoms with van der Waals surface area (Å²) in [6.45, 7) is 4.66. The Kier molecular flexibility index (Phi) is 7.44. The normalized spacial score (nSPS) is 12.7. The molecular weight excluding hydrogens is 621 g/mol. The van der Waals surface area contributed by atoms with Gasteiger partial charge in [-0.25, -0.2) is 15.0 Å². The van der Waals surface area contributed by atoms with Crippen LogP contribution in [0.1, 0.15) is 25.0 Å². The fourth-order valence-corrected chi connectivity index (χ4v) is 7.31. The summed E-state index contributed by atoms with van der Waals surface area (Å²) in [6, 6.07) is 57.2. The van der Waals surface area contributed by atoms with E-state index in [1.54, 1.807) is 0 Å². The SMILES string of the molecule is CC1(C)c2ccccc2-c2c(-c3ccc(-c4ccc(-c5nc(-c6ccccc6)nc(-c6ccc(-c7ccccc7)nc6)n5)cc4)cc3)cccc21. The molecule has 2 aromatic heterocycles. The molecule has 51 heavy (non-hydrogen) atoms. The molecule has 0 fully saturated rings. The van der Waals surface area contributed by atoms with Gasteiger partial charge in [-0.05, 0) is 56.6 Å². The summed E-state index contributed by atoms with van der Waals surface area (Å²) in [5, 5.41) is 0. The van der Waals surface area contributed by atoms with Crippen LogP contribution in [-0.4, -0.2) is 19.9 Å². The minimum absolute atomic E-state index is 0.0192. The van der Waals surface area contributed by atoms with Crippen LogP contribution < -0.4 is 0 Å². The van der Waals surface area contributed by atoms with E-state index in [1.807, 2.05) is 66.9 Å². The number of hydrogen-bond donors (Lipinski definition) is 0. The number of nitrogens with zero attached hydrogens (tertiary/aromatic N) is 4. The van der Waals surface area contributed by atoms with Gasteiger partial charge in [0.15, 0.2) is 17.5 Å². The molecule has 0 saturated heterocycles. The predicted octanol–water partition coefficient (Wildman–Crippen LogP) is 11.6. The zero-order chi connectivity index (χ0) is 34.4. The van der Waals surface area contributed by atoms with Crippen LogP contribution in [0.3, 0.4) is 0 Å². The second-order valence-corrected chi connectivity index (χ2v) is 13.5. The molecule has 2 heterocycles. The Morgan fingerprint density at radius 3 is 1.45 bits per heavy atom. The molecule has 9 rings (SSSR count). The van der Waals surface area contributed by atoms with Gasteiger partial charge in [0.25, 0.3) is 0 Å². The van der Waals surface area contributed by atoms with Crippen LogP contribution in [0.25, 0.3) is 78.8 Å². The standard InChI is InChI=1S/C47H34N4/c1-47(2)40-18-10-9-16-39(40)43-38(17-11-19-41(43)47)33-24-20-31(21-25-33)32-22-26-36(27-23-32)45-49-44(35-14-7-4-8-15-35)50-46(51-45)37-28-29-42(48-30-37)34-12-5-3-6-13-34/h3-30H,1-2H3. The molecule has 0 amide bonds. The third kappa shape index (κ3) is 5.51. The van der Waals surface area contributed by atoms with E-state index in [9.17, 15) is 0 Å². The van der Waals surface area contributed by atoms with Gasteiger partial charge in [0.2, 0.25) is 0 Å². The average molecular weight is 655 g/mol. The second-order valence-electron chi connectivity index (χ2n) is 13.5. The highest BCUT2D eigenvalue weighted by Crippen LogP contribution is 2.52. The summed E-state index contributed by atoms with van der Waals surface area (Å²) in [7, 11) is 0. The topological polar surface area (TPSA) is 51.6 Å². The zero-order valence-electron chi connectivity index (χ0n) is 28.5. The summed E-state index contributed by atoms with van der Waals surface area (Å²) < 4.78 is 0. The third-order valence-corrected chi connectivity index (χ3v) is 10.0. The van der Waals surface area contributed by atoms with Crippen molar-refractivity contribution in [1.82, 2.24) is 19.9 Å². The van der Waals surface area contributed by atoms with Crippen molar-refractivity contribution in [2.45, 2.75) is 19.3 Å². The molecule has 4 heteroatoms. The molecule has 0 atom stereocenters. The van der Waals surface area contributed by atoms with E-state index in [2.05, 4.69) is 117 Å². The molecule has 0 bridgehead atoms. The summed E-state index contributed by atoms with van der Waals surface area (Å²) in [6.07, 6.45) is 1.84. The van der Waals surface area contributed by atoms with Crippen LogP contribution in [0.4, 0.5) is 0 Å². The van der Waals surface area contributed by atoms with E-state index in [1.165, 1.54) is 33.4 Å². The Labute approximate surface area is 298 Å². The van der Waals surface area contributed by atoms with Gasteiger partial charge >= 0.3 is 0 Å². The molecule has 242 valence electrons. The fraction of sp³-hybridized carbons (Fsp3) is 0.0638. The number of pyridine rings is 1. The van der Waals surface area contributed by atoms with Gasteiger partial charge in [-0.1, -0.05) is 166 Å². The molecule has 0 saturated carbocycles. The lowest BCUT2D eigenvalue weighted by molar-refractivity contribution is 0.660. The first-order valence-electron chi connectivity index (χ1n) is 17.3. The highest BCUT2D eigenvalue weighted by atomic mass is 15.0. The van der Waals surface area contributed by atoms with Crippen LogP contribution in [0.5, 0.6) is 0 Å². The Morgan fingerprint density at radius 2 is 0.824 bits per heavy atom. The molecule has 1 aliphatic carbocycles. The van der Waals surface area contributed by atoms with E-state index < -0.39 is 0 Å². The van der Waals surface area contributed by atoms with Gasteiger partial charge in [-0.3, -0.25) is 4.98 Å². The van der Waals surface area contributed by atoms with Gasteiger partial charge < -0.3 is 0 Å². The quantitative estimate of drug-likeness (QED) is 0.179. The van der Waals surface area contributed by atoms with E-state index >= 15 is 0 Å². The van der Waals surface area contributed by atoms with Gasteiger partial charge in [-0.2, -0.15) is 0 Å². The lowest BCUT2D eigenvalue weighted by Gasteiger charge is -2.21. The molecule has 0 aliphatic heterocycles. The maximum Gasteiger partial charge on any atom is 0.165 e. The lowest BCUT2D eigenvalue weighted by atomic mass is 9.82. The van der Waals surface area contributed by atoms with Crippen molar-refractivity contribution in [3.63, 3.8) is 0 Å². The molecule has 4 nitrogen and oxygen atoms in total. The van der Waals surface area contributed by atoms with Crippen LogP contribution in [0.15, 0.2) is 170 Å². The van der Waals surface area contributed by atoms with E-state index in [0.29, 0.717) is 17.5 Å². The minimum atomic E-state index is -0.0192. The maximum absolute atomic E-state index is 4.94. The molecule has 0 unspecified atom stereocenters. The monoisotopic (exact) mass is 654 g/mol. The summed E-state index contributed by atoms with van der Waals surface area (Å²) in [4.78, 5) is 19.5. The number of rotatable bonds is 6. The first kappa shape index (κ1) is 30.5. The Hall–Kier alpha value is -6.52. The number of hydrogen-bond acceptors (Lipinski definition) is 4. The minimum Gasteiger partial charge on any atom is -0.255 e. The summed E-state index contributed by atoms with van der Waals surface area (Å²) in [5.74, 6) is 1.83. The number of aromatic nitrogens is 4. The van der Waals surface area contributed by atoms with E-state index in [4.69, 9.17) is 19.9 Å². The van der Waals surface area contributed by atoms with Crippen LogP contribution in [0.2, 0.25) is 0 Å². The summed E-state index contributed by atoms with van der Waals surface area (Å²) in [5.41, 5.74) is 14.9.